The van der Waals surface area contributed by atoms with Crippen LogP contribution in [0.15, 0.2) is 328 Å². The van der Waals surface area contributed by atoms with Gasteiger partial charge in [-0.2, -0.15) is 0 Å². The predicted molar refractivity (Wildman–Crippen MR) is 568 cm³/mol. The van der Waals surface area contributed by atoms with Crippen LogP contribution in [-0.2, 0) is 56.8 Å². The molecule has 0 saturated heterocycles. The first-order chi connectivity index (χ1) is 64.5. The van der Waals surface area contributed by atoms with Crippen molar-refractivity contribution < 1.29 is 0 Å². The zero-order valence-corrected chi connectivity index (χ0v) is 80.5. The maximum absolute atomic E-state index is 2.52. The highest BCUT2D eigenvalue weighted by Gasteiger charge is 2.42. The second-order valence-corrected chi connectivity index (χ2v) is 37.9. The van der Waals surface area contributed by atoms with E-state index in [1.807, 2.05) is 0 Å². The van der Waals surface area contributed by atoms with Crippen LogP contribution in [0.5, 0.6) is 0 Å². The van der Waals surface area contributed by atoms with Crippen LogP contribution in [0.1, 0.15) is 275 Å². The fourth-order valence-electron chi connectivity index (χ4n) is 20.1. The Bertz CT molecular complexity index is 5290. The first-order valence-corrected chi connectivity index (χ1v) is 51.0. The van der Waals surface area contributed by atoms with Crippen LogP contribution in [0.4, 0.5) is 68.2 Å². The van der Waals surface area contributed by atoms with Crippen molar-refractivity contribution in [2.75, 3.05) is 19.6 Å². The average molecular weight is 1730 g/mol. The molecule has 1 aliphatic carbocycles. The Morgan fingerprint density at radius 3 is 0.511 bits per heavy atom. The molecule has 4 nitrogen and oxygen atoms in total. The largest absolute Gasteiger partial charge is 0.311 e. The number of aryl methyl sites for hydroxylation is 10. The second-order valence-electron chi connectivity index (χ2n) is 37.9. The summed E-state index contributed by atoms with van der Waals surface area (Å²) in [5.74, 6) is 0. The molecule has 1 aliphatic rings. The fourth-order valence-corrected chi connectivity index (χ4v) is 20.1. The number of benzene rings is 14. The molecule has 0 heterocycles. The van der Waals surface area contributed by atoms with Crippen molar-refractivity contribution in [3.8, 4) is 33.4 Å². The first-order valence-electron chi connectivity index (χ1n) is 51.0. The van der Waals surface area contributed by atoms with E-state index in [0.29, 0.717) is 0 Å². The van der Waals surface area contributed by atoms with E-state index in [0.717, 1.165) is 74.1 Å². The highest BCUT2D eigenvalue weighted by atomic mass is 15.2. The van der Waals surface area contributed by atoms with Crippen LogP contribution in [-0.4, -0.2) is 0 Å². The Labute approximate surface area is 789 Å². The topological polar surface area (TPSA) is 13.0 Å². The predicted octanol–water partition coefficient (Wildman–Crippen LogP) is 37.8. The fraction of sp³-hybridized carbons (Fsp3) is 0.339. The van der Waals surface area contributed by atoms with E-state index < -0.39 is 0 Å². The van der Waals surface area contributed by atoms with Crippen LogP contribution >= 0.6 is 0 Å². The normalized spacial score (nSPS) is 12.0. The number of nitrogens with zero attached hydrogens (tertiary/aromatic N) is 4. The van der Waals surface area contributed by atoms with Gasteiger partial charge in [-0.15, -0.1) is 0 Å². The highest BCUT2D eigenvalue weighted by Crippen LogP contribution is 2.55. The molecule has 0 saturated carbocycles. The Morgan fingerprint density at radius 1 is 0.168 bits per heavy atom. The maximum Gasteiger partial charge on any atom is 0.0462 e. The van der Waals surface area contributed by atoms with Gasteiger partial charge in [0.2, 0.25) is 0 Å². The van der Waals surface area contributed by atoms with E-state index in [9.17, 15) is 0 Å². The molecule has 0 atom stereocenters. The number of unbranched alkanes of at least 4 members (excludes halogenated alkanes) is 16. The van der Waals surface area contributed by atoms with Crippen molar-refractivity contribution in [1.29, 1.82) is 0 Å². The van der Waals surface area contributed by atoms with Crippen molar-refractivity contribution in [3.63, 3.8) is 0 Å². The molecular weight excluding hydrogens is 1580 g/mol. The quantitative estimate of drug-likeness (QED) is 0.0352. The van der Waals surface area contributed by atoms with Gasteiger partial charge >= 0.3 is 0 Å². The van der Waals surface area contributed by atoms with E-state index in [-0.39, 0.29) is 5.41 Å². The average Bonchev–Trinajstić information content (AvgIpc) is 1.56. The van der Waals surface area contributed by atoms with E-state index in [4.69, 9.17) is 0 Å². The standard InChI is InChI=1S/C127H146N4/c1-9-15-33-99-43-67-111(68-44-99)128(112-69-45-100(46-70-112)34-16-10-2)119-83-59-107(60-84-119)109-63-87-121(88-64-109)130(115-75-51-103(52-76-115)37-19-13-5)117-79-55-105(56-80-117)39-29-25-21-23-27-31-93-127(125-91-41-97(7)95-123(125)124-96-98(8)42-92-126(124)127)94-32-28-24-22-26-30-40-106-57-81-118(82-58-106)131(116-77-53-104(54-78-116)38-20-14-6)122-89-65-110(66-90-122)108-61-85-120(86-62-108)129(113-71-47-101(48-72-113)35-17-11-3)114-73-49-102(50-74-114)36-18-12-4/h41-92,95-96H,9-40,93-94H2,1-8H3. The SMILES string of the molecule is CCCCc1ccc(N(c2ccc(CCCC)cc2)c2ccc(-c3ccc(N(c4ccc(CCCC)cc4)c4ccc(CCCCCCCCC5(CCCCCCCCc6ccc(N(c7ccc(CCCC)cc7)c7ccc(-c8ccc(N(c9ccc(CCCC)cc9)c9ccc(CCCC)cc9)cc8)cc7)cc6)c6ccc(C)cc6-c6cc(C)ccc65)cc4)cc3)cc2)cc1. The molecule has 14 aromatic rings. The van der Waals surface area contributed by atoms with E-state index in [1.165, 1.54) is 301 Å². The number of hydrogen-bond donors (Lipinski definition) is 0. The van der Waals surface area contributed by atoms with E-state index in [1.54, 1.807) is 11.1 Å². The van der Waals surface area contributed by atoms with Crippen LogP contribution in [0.2, 0.25) is 0 Å². The van der Waals surface area contributed by atoms with E-state index >= 15 is 0 Å². The van der Waals surface area contributed by atoms with Gasteiger partial charge in [-0.3, -0.25) is 0 Å². The summed E-state index contributed by atoms with van der Waals surface area (Å²) in [5.41, 5.74) is 39.1. The smallest absolute Gasteiger partial charge is 0.0462 e. The van der Waals surface area contributed by atoms with Crippen molar-refractivity contribution >= 4 is 68.2 Å². The van der Waals surface area contributed by atoms with Crippen molar-refractivity contribution in [1.82, 2.24) is 0 Å². The third kappa shape index (κ3) is 24.7. The van der Waals surface area contributed by atoms with Crippen LogP contribution in [0.3, 0.4) is 0 Å². The molecule has 15 rings (SSSR count). The molecule has 0 radical (unpaired) electrons. The van der Waals surface area contributed by atoms with Gasteiger partial charge < -0.3 is 19.6 Å². The Balaban J connectivity index is 0.539. The lowest BCUT2D eigenvalue weighted by atomic mass is 9.70. The molecule has 674 valence electrons. The lowest BCUT2D eigenvalue weighted by Crippen LogP contribution is -2.25. The zero-order valence-electron chi connectivity index (χ0n) is 80.5. The van der Waals surface area contributed by atoms with Gasteiger partial charge in [0.15, 0.2) is 0 Å². The van der Waals surface area contributed by atoms with Crippen molar-refractivity contribution in [3.05, 3.63) is 394 Å². The summed E-state index contributed by atoms with van der Waals surface area (Å²) in [6.07, 6.45) is 41.0. The molecule has 4 heteroatoms. The summed E-state index contributed by atoms with van der Waals surface area (Å²) in [6.45, 7) is 18.2. The van der Waals surface area contributed by atoms with Gasteiger partial charge in [0, 0.05) is 73.7 Å². The van der Waals surface area contributed by atoms with Gasteiger partial charge in [-0.05, 0) is 364 Å². The molecule has 0 amide bonds. The minimum Gasteiger partial charge on any atom is -0.311 e. The molecule has 0 aromatic heterocycles. The van der Waals surface area contributed by atoms with Gasteiger partial charge in [0.1, 0.15) is 0 Å². The lowest BCUT2D eigenvalue weighted by molar-refractivity contribution is 0.397. The summed E-state index contributed by atoms with van der Waals surface area (Å²) < 4.78 is 0. The molecule has 0 N–H and O–H groups in total. The van der Waals surface area contributed by atoms with Gasteiger partial charge in [-0.1, -0.05) is 337 Å². The second kappa shape index (κ2) is 47.9. The van der Waals surface area contributed by atoms with Crippen molar-refractivity contribution in [2.24, 2.45) is 0 Å². The molecule has 0 aliphatic heterocycles. The maximum atomic E-state index is 2.52. The third-order valence-electron chi connectivity index (χ3n) is 27.9. The zero-order chi connectivity index (χ0) is 90.4. The van der Waals surface area contributed by atoms with Crippen LogP contribution in [0.25, 0.3) is 33.4 Å². The molecule has 0 fully saturated rings. The first kappa shape index (κ1) is 93.9. The Kier molecular flexibility index (Phi) is 34.4. The number of hydrogen-bond acceptors (Lipinski definition) is 4. The summed E-state index contributed by atoms with van der Waals surface area (Å²) in [4.78, 5) is 9.70. The molecule has 14 aromatic carbocycles. The Morgan fingerprint density at radius 2 is 0.328 bits per heavy atom. The summed E-state index contributed by atoms with van der Waals surface area (Å²) >= 11 is 0. The lowest BCUT2D eigenvalue weighted by Gasteiger charge is -2.33. The summed E-state index contributed by atoms with van der Waals surface area (Å²) in [7, 11) is 0. The van der Waals surface area contributed by atoms with Gasteiger partial charge in [0.25, 0.3) is 0 Å². The number of fused-ring (bicyclic) bond motifs is 3. The van der Waals surface area contributed by atoms with Crippen LogP contribution in [0, 0.1) is 13.8 Å². The number of rotatable bonds is 50. The summed E-state index contributed by atoms with van der Waals surface area (Å²) in [5, 5.41) is 0. The van der Waals surface area contributed by atoms with Crippen molar-refractivity contribution in [2.45, 2.75) is 279 Å². The highest BCUT2D eigenvalue weighted by molar-refractivity contribution is 5.85. The third-order valence-corrected chi connectivity index (χ3v) is 27.9. The Hall–Kier alpha value is -11.7. The molecular formula is C127H146N4. The minimum absolute atomic E-state index is 0.0683. The van der Waals surface area contributed by atoms with E-state index in [2.05, 4.69) is 403 Å². The monoisotopic (exact) mass is 1730 g/mol. The minimum atomic E-state index is 0.0683. The van der Waals surface area contributed by atoms with Gasteiger partial charge in [0.05, 0.1) is 0 Å². The summed E-state index contributed by atoms with van der Waals surface area (Å²) in [6, 6.07) is 126. The number of anilines is 12. The van der Waals surface area contributed by atoms with Crippen LogP contribution < -0.4 is 19.6 Å². The van der Waals surface area contributed by atoms with Gasteiger partial charge in [-0.25, -0.2) is 0 Å². The molecule has 0 bridgehead atoms. The molecule has 0 unspecified atom stereocenters. The molecule has 131 heavy (non-hydrogen) atoms. The molecule has 0 spiro atoms.